The normalized spacial score (nSPS) is 12.2. The van der Waals surface area contributed by atoms with Crippen molar-refractivity contribution in [1.29, 1.82) is 0 Å². The standard InChI is InChI=1S/C7H16O2.C5H8O2/c1-7(2,3)4-6(9)5-8;1-4(2)5(6)7-3/h6,8-9H,4-5H2,1-3H3;1H2,2-3H3. The molecule has 0 aromatic carbocycles. The van der Waals surface area contributed by atoms with E-state index in [0.717, 1.165) is 0 Å². The molecule has 1 unspecified atom stereocenters. The van der Waals surface area contributed by atoms with Crippen molar-refractivity contribution in [2.75, 3.05) is 13.7 Å². The van der Waals surface area contributed by atoms with E-state index in [0.29, 0.717) is 12.0 Å². The quantitative estimate of drug-likeness (QED) is 0.572. The molecule has 2 N–H and O–H groups in total. The molecule has 4 heteroatoms. The van der Waals surface area contributed by atoms with Crippen LogP contribution in [0.15, 0.2) is 12.2 Å². The first-order valence-corrected chi connectivity index (χ1v) is 5.16. The van der Waals surface area contributed by atoms with E-state index in [1.54, 1.807) is 6.92 Å². The summed E-state index contributed by atoms with van der Waals surface area (Å²) in [5.41, 5.74) is 0.546. The van der Waals surface area contributed by atoms with Crippen molar-refractivity contribution in [3.8, 4) is 0 Å². The van der Waals surface area contributed by atoms with E-state index in [1.807, 2.05) is 20.8 Å². The van der Waals surface area contributed by atoms with Crippen LogP contribution < -0.4 is 0 Å². The molecule has 0 aliphatic heterocycles. The number of carbonyl (C=O) groups excluding carboxylic acids is 1. The molecule has 0 aliphatic rings. The Bertz CT molecular complexity index is 216. The zero-order valence-electron chi connectivity index (χ0n) is 10.9. The minimum Gasteiger partial charge on any atom is -0.466 e. The van der Waals surface area contributed by atoms with E-state index < -0.39 is 6.10 Å². The number of hydrogen-bond donors (Lipinski definition) is 2. The maximum atomic E-state index is 10.2. The summed E-state index contributed by atoms with van der Waals surface area (Å²) in [7, 11) is 1.33. The van der Waals surface area contributed by atoms with Gasteiger partial charge in [0, 0.05) is 5.57 Å². The van der Waals surface area contributed by atoms with E-state index in [2.05, 4.69) is 11.3 Å². The molecule has 0 radical (unpaired) electrons. The highest BCUT2D eigenvalue weighted by Gasteiger charge is 2.15. The first-order chi connectivity index (χ1) is 7.14. The molecule has 0 heterocycles. The molecule has 0 aliphatic carbocycles. The Morgan fingerprint density at radius 2 is 1.88 bits per heavy atom. The summed E-state index contributed by atoms with van der Waals surface area (Å²) in [4.78, 5) is 10.2. The van der Waals surface area contributed by atoms with Crippen LogP contribution in [0, 0.1) is 5.41 Å². The number of esters is 1. The fourth-order valence-corrected chi connectivity index (χ4v) is 0.946. The second kappa shape index (κ2) is 8.30. The highest BCUT2D eigenvalue weighted by Crippen LogP contribution is 2.20. The third-order valence-electron chi connectivity index (χ3n) is 1.59. The van der Waals surface area contributed by atoms with Crippen LogP contribution in [0.25, 0.3) is 0 Å². The van der Waals surface area contributed by atoms with Crippen LogP contribution in [-0.4, -0.2) is 36.0 Å². The minimum absolute atomic E-state index is 0.113. The largest absolute Gasteiger partial charge is 0.466 e. The lowest BCUT2D eigenvalue weighted by molar-refractivity contribution is -0.136. The van der Waals surface area contributed by atoms with Crippen LogP contribution in [0.2, 0.25) is 0 Å². The van der Waals surface area contributed by atoms with Crippen molar-refractivity contribution in [2.24, 2.45) is 5.41 Å². The van der Waals surface area contributed by atoms with Crippen molar-refractivity contribution in [1.82, 2.24) is 0 Å². The monoisotopic (exact) mass is 232 g/mol. The van der Waals surface area contributed by atoms with Crippen LogP contribution in [0.1, 0.15) is 34.1 Å². The van der Waals surface area contributed by atoms with Gasteiger partial charge in [-0.1, -0.05) is 27.4 Å². The summed E-state index contributed by atoms with van der Waals surface area (Å²) in [6, 6.07) is 0. The summed E-state index contributed by atoms with van der Waals surface area (Å²) in [6.07, 6.45) is 0.105. The van der Waals surface area contributed by atoms with Gasteiger partial charge in [0.1, 0.15) is 0 Å². The highest BCUT2D eigenvalue weighted by molar-refractivity contribution is 5.86. The third kappa shape index (κ3) is 13.1. The fraction of sp³-hybridized carbons (Fsp3) is 0.750. The van der Waals surface area contributed by atoms with Crippen LogP contribution in [0.3, 0.4) is 0 Å². The summed E-state index contributed by atoms with van der Waals surface area (Å²) in [6.45, 7) is 10.9. The van der Waals surface area contributed by atoms with Crippen molar-refractivity contribution in [3.63, 3.8) is 0 Å². The van der Waals surface area contributed by atoms with E-state index in [4.69, 9.17) is 10.2 Å². The first-order valence-electron chi connectivity index (χ1n) is 5.16. The van der Waals surface area contributed by atoms with Gasteiger partial charge in [0.15, 0.2) is 0 Å². The van der Waals surface area contributed by atoms with Gasteiger partial charge in [0.2, 0.25) is 0 Å². The van der Waals surface area contributed by atoms with Crippen molar-refractivity contribution >= 4 is 5.97 Å². The smallest absolute Gasteiger partial charge is 0.332 e. The number of aliphatic hydroxyl groups excluding tert-OH is 2. The Labute approximate surface area is 97.9 Å². The van der Waals surface area contributed by atoms with Gasteiger partial charge in [-0.05, 0) is 18.8 Å². The number of rotatable bonds is 3. The Kier molecular flexibility index (Phi) is 9.09. The lowest BCUT2D eigenvalue weighted by Gasteiger charge is -2.20. The van der Waals surface area contributed by atoms with Gasteiger partial charge >= 0.3 is 5.97 Å². The minimum atomic E-state index is -0.551. The summed E-state index contributed by atoms with van der Waals surface area (Å²) >= 11 is 0. The fourth-order valence-electron chi connectivity index (χ4n) is 0.946. The van der Waals surface area contributed by atoms with Gasteiger partial charge in [-0.25, -0.2) is 4.79 Å². The van der Waals surface area contributed by atoms with Gasteiger partial charge in [0.25, 0.3) is 0 Å². The van der Waals surface area contributed by atoms with Gasteiger partial charge in [0.05, 0.1) is 19.8 Å². The average molecular weight is 232 g/mol. The van der Waals surface area contributed by atoms with E-state index in [1.165, 1.54) is 7.11 Å². The highest BCUT2D eigenvalue weighted by atomic mass is 16.5. The molecular weight excluding hydrogens is 208 g/mol. The molecule has 0 fully saturated rings. The van der Waals surface area contributed by atoms with Crippen molar-refractivity contribution in [3.05, 3.63) is 12.2 Å². The number of aliphatic hydroxyl groups is 2. The van der Waals surface area contributed by atoms with E-state index in [-0.39, 0.29) is 18.0 Å². The first kappa shape index (κ1) is 17.5. The van der Waals surface area contributed by atoms with Gasteiger partial charge < -0.3 is 14.9 Å². The lowest BCUT2D eigenvalue weighted by atomic mass is 9.89. The SMILES string of the molecule is C=C(C)C(=O)OC.CC(C)(C)CC(O)CO. The number of methoxy groups -OCH3 is 1. The van der Waals surface area contributed by atoms with Crippen LogP contribution in [0.5, 0.6) is 0 Å². The number of ether oxygens (including phenoxy) is 1. The molecule has 96 valence electrons. The molecule has 0 bridgehead atoms. The molecule has 0 spiro atoms. The topological polar surface area (TPSA) is 66.8 Å². The molecule has 4 nitrogen and oxygen atoms in total. The maximum absolute atomic E-state index is 10.2. The Balaban J connectivity index is 0. The second-order valence-electron chi connectivity index (χ2n) is 4.87. The van der Waals surface area contributed by atoms with Gasteiger partial charge in [-0.3, -0.25) is 0 Å². The third-order valence-corrected chi connectivity index (χ3v) is 1.59. The Hall–Kier alpha value is -0.870. The maximum Gasteiger partial charge on any atom is 0.332 e. The zero-order valence-corrected chi connectivity index (χ0v) is 10.9. The Morgan fingerprint density at radius 3 is 1.94 bits per heavy atom. The molecule has 16 heavy (non-hydrogen) atoms. The predicted molar refractivity (Wildman–Crippen MR) is 64.0 cm³/mol. The van der Waals surface area contributed by atoms with E-state index >= 15 is 0 Å². The van der Waals surface area contributed by atoms with E-state index in [9.17, 15) is 4.79 Å². The molecule has 0 amide bonds. The van der Waals surface area contributed by atoms with Crippen LogP contribution >= 0.6 is 0 Å². The van der Waals surface area contributed by atoms with Crippen molar-refractivity contribution in [2.45, 2.75) is 40.2 Å². The summed E-state index contributed by atoms with van der Waals surface area (Å²) in [5, 5.41) is 17.4. The van der Waals surface area contributed by atoms with Gasteiger partial charge in [-0.2, -0.15) is 0 Å². The molecule has 1 atom stereocenters. The number of carbonyl (C=O) groups is 1. The van der Waals surface area contributed by atoms with Crippen molar-refractivity contribution < 1.29 is 19.7 Å². The lowest BCUT2D eigenvalue weighted by Crippen LogP contribution is -2.20. The molecule has 0 aromatic heterocycles. The predicted octanol–water partition coefficient (Wildman–Crippen LogP) is 1.51. The van der Waals surface area contributed by atoms with Crippen LogP contribution in [0.4, 0.5) is 0 Å². The molecule has 0 rings (SSSR count). The summed E-state index contributed by atoms with van der Waals surface area (Å²) in [5.74, 6) is -0.347. The molecule has 0 saturated carbocycles. The van der Waals surface area contributed by atoms with Crippen LogP contribution in [-0.2, 0) is 9.53 Å². The molecule has 0 saturated heterocycles. The molecular formula is C12H24O4. The number of hydrogen-bond acceptors (Lipinski definition) is 4. The zero-order chi connectivity index (χ0) is 13.4. The van der Waals surface area contributed by atoms with Gasteiger partial charge in [-0.15, -0.1) is 0 Å². The summed E-state index contributed by atoms with van der Waals surface area (Å²) < 4.78 is 4.27. The second-order valence-corrected chi connectivity index (χ2v) is 4.87. The molecule has 0 aromatic rings. The Morgan fingerprint density at radius 1 is 1.44 bits per heavy atom. The average Bonchev–Trinajstić information content (AvgIpc) is 2.14.